The monoisotopic (exact) mass is 842 g/mol. The molecule has 1 aromatic carbocycles. The summed E-state index contributed by atoms with van der Waals surface area (Å²) >= 11 is 3.80. The van der Waals surface area contributed by atoms with Gasteiger partial charge in [-0.15, -0.1) is 0 Å². The van der Waals surface area contributed by atoms with E-state index in [-0.39, 0.29) is 38.1 Å². The van der Waals surface area contributed by atoms with Gasteiger partial charge in [-0.1, -0.05) is 24.3 Å². The molecule has 6 amide bonds. The van der Waals surface area contributed by atoms with Crippen molar-refractivity contribution in [3.63, 3.8) is 0 Å². The van der Waals surface area contributed by atoms with E-state index in [0.29, 0.717) is 17.5 Å². The van der Waals surface area contributed by atoms with Crippen molar-refractivity contribution in [3.05, 3.63) is 35.4 Å². The Morgan fingerprint density at radius 2 is 1.07 bits per heavy atom. The maximum Gasteiger partial charge on any atom is 0.327 e. The van der Waals surface area contributed by atoms with E-state index in [0.717, 1.165) is 0 Å². The zero-order chi connectivity index (χ0) is 43.9. The first kappa shape index (κ1) is 49.6. The van der Waals surface area contributed by atoms with E-state index in [9.17, 15) is 68.1 Å². The summed E-state index contributed by atoms with van der Waals surface area (Å²) in [5, 5.41) is 68.3. The number of carbonyl (C=O) groups excluding carboxylic acids is 5. The zero-order valence-electron chi connectivity index (χ0n) is 30.8. The fraction of sp³-hybridized carbons (Fsp3) is 0.500. The minimum Gasteiger partial charge on any atom is -0.481 e. The molecule has 0 aliphatic heterocycles. The predicted molar refractivity (Wildman–Crippen MR) is 199 cm³/mol. The number of rotatable bonds is 28. The zero-order valence-corrected chi connectivity index (χ0v) is 31.7. The molecule has 0 heterocycles. The number of hydrogen-bond acceptors (Lipinski definition) is 12. The summed E-state index contributed by atoms with van der Waals surface area (Å²) in [5.74, 6) is -13.3. The first-order valence-electron chi connectivity index (χ1n) is 17.5. The summed E-state index contributed by atoms with van der Waals surface area (Å²) < 4.78 is 0. The molecule has 0 radical (unpaired) electrons. The highest BCUT2D eigenvalue weighted by molar-refractivity contribution is 7.80. The fourth-order valence-corrected chi connectivity index (χ4v) is 5.26. The number of carboxylic acid groups (broad SMARTS) is 6. The molecule has 1 aromatic rings. The molecule has 0 aliphatic carbocycles. The topological polar surface area (TPSA) is 381 Å². The van der Waals surface area contributed by atoms with Crippen LogP contribution in [0.1, 0.15) is 62.5 Å². The van der Waals surface area contributed by atoms with Crippen molar-refractivity contribution in [2.75, 3.05) is 12.3 Å². The summed E-state index contributed by atoms with van der Waals surface area (Å²) in [5.41, 5.74) is 1.08. The highest BCUT2D eigenvalue weighted by atomic mass is 32.1. The van der Waals surface area contributed by atoms with Gasteiger partial charge in [-0.25, -0.2) is 24.0 Å². The van der Waals surface area contributed by atoms with Gasteiger partial charge in [0.25, 0.3) is 0 Å². The lowest BCUT2D eigenvalue weighted by Crippen LogP contribution is -2.54. The van der Waals surface area contributed by atoms with Crippen molar-refractivity contribution in [3.8, 4) is 0 Å². The van der Waals surface area contributed by atoms with Gasteiger partial charge in [0.2, 0.25) is 11.8 Å². The molecular formula is C34H46N6O17S. The van der Waals surface area contributed by atoms with Crippen LogP contribution in [0.15, 0.2) is 24.3 Å². The summed E-state index contributed by atoms with van der Waals surface area (Å²) in [6, 6.07) is -1.62. The molecule has 1 rings (SSSR count). The number of thiol groups is 1. The van der Waals surface area contributed by atoms with Crippen LogP contribution >= 0.6 is 12.6 Å². The third-order valence-electron chi connectivity index (χ3n) is 8.01. The average molecular weight is 843 g/mol. The summed E-state index contributed by atoms with van der Waals surface area (Å²) in [4.78, 5) is 130. The molecule has 0 unspecified atom stereocenters. The number of aliphatic carboxylic acids is 6. The van der Waals surface area contributed by atoms with Crippen molar-refractivity contribution in [1.29, 1.82) is 0 Å². The van der Waals surface area contributed by atoms with E-state index < -0.39 is 128 Å². The Labute approximate surface area is 335 Å². The SMILES string of the molecule is O=C(O)CC[C@H](NC(=O)N[C@@H](CCCCNC(=O)NCc1ccc(CC(=O)C[C@@H](CC(=O)O)C(=O)N[C@@H](CC(=O)O)C(=O)N[C@@H](CS)C(=O)O)cc1)C(=O)O)C(=O)O. The lowest BCUT2D eigenvalue weighted by atomic mass is 9.94. The number of unbranched alkanes of at least 4 members (excludes halogenated alkanes) is 1. The Kier molecular flexibility index (Phi) is 21.9. The van der Waals surface area contributed by atoms with Crippen LogP contribution in [0.5, 0.6) is 0 Å². The molecule has 24 heteroatoms. The molecule has 0 saturated heterocycles. The number of carboxylic acids is 6. The van der Waals surface area contributed by atoms with Crippen molar-refractivity contribution in [2.45, 2.75) is 88.5 Å². The van der Waals surface area contributed by atoms with E-state index in [1.54, 1.807) is 24.3 Å². The largest absolute Gasteiger partial charge is 0.481 e. The predicted octanol–water partition coefficient (Wildman–Crippen LogP) is -1.22. The lowest BCUT2D eigenvalue weighted by Gasteiger charge is -2.22. The molecule has 5 atom stereocenters. The van der Waals surface area contributed by atoms with Crippen LogP contribution < -0.4 is 31.9 Å². The number of urea groups is 2. The van der Waals surface area contributed by atoms with Gasteiger partial charge >= 0.3 is 47.9 Å². The van der Waals surface area contributed by atoms with E-state index in [4.69, 9.17) is 15.3 Å². The molecule has 0 bridgehead atoms. The van der Waals surface area contributed by atoms with Gasteiger partial charge in [0.1, 0.15) is 30.0 Å². The molecule has 0 aromatic heterocycles. The Hall–Kier alpha value is -6.46. The number of ketones is 1. The molecule has 23 nitrogen and oxygen atoms in total. The molecule has 58 heavy (non-hydrogen) atoms. The molecule has 0 aliphatic rings. The first-order valence-corrected chi connectivity index (χ1v) is 18.1. The van der Waals surface area contributed by atoms with Gasteiger partial charge in [-0.3, -0.25) is 28.8 Å². The molecule has 320 valence electrons. The van der Waals surface area contributed by atoms with Crippen LogP contribution in [0, 0.1) is 5.92 Å². The lowest BCUT2D eigenvalue weighted by molar-refractivity contribution is -0.145. The van der Waals surface area contributed by atoms with Crippen LogP contribution in [0.25, 0.3) is 0 Å². The first-order chi connectivity index (χ1) is 27.2. The molecule has 0 fully saturated rings. The summed E-state index contributed by atoms with van der Waals surface area (Å²) in [7, 11) is 0. The van der Waals surface area contributed by atoms with Crippen molar-refractivity contribution in [1.82, 2.24) is 31.9 Å². The minimum absolute atomic E-state index is 0.0527. The van der Waals surface area contributed by atoms with Crippen LogP contribution in [-0.4, -0.2) is 133 Å². The Bertz CT molecular complexity index is 1670. The van der Waals surface area contributed by atoms with Gasteiger partial charge in [0.15, 0.2) is 0 Å². The van der Waals surface area contributed by atoms with Crippen LogP contribution in [0.2, 0.25) is 0 Å². The maximum atomic E-state index is 13.0. The van der Waals surface area contributed by atoms with Gasteiger partial charge in [0.05, 0.1) is 18.8 Å². The number of Topliss-reactive ketones (excluding diaryl/α,β-unsaturated/α-hetero) is 1. The summed E-state index contributed by atoms with van der Waals surface area (Å²) in [6.45, 7) is 0.175. The second-order valence-corrected chi connectivity index (χ2v) is 13.1. The van der Waals surface area contributed by atoms with Crippen molar-refractivity contribution >= 4 is 78.1 Å². The minimum atomic E-state index is -1.79. The number of benzene rings is 1. The maximum absolute atomic E-state index is 13.0. The second-order valence-electron chi connectivity index (χ2n) is 12.7. The second kappa shape index (κ2) is 25.6. The Morgan fingerprint density at radius 1 is 0.534 bits per heavy atom. The molecule has 0 saturated carbocycles. The molecule has 12 N–H and O–H groups in total. The highest BCUT2D eigenvalue weighted by Crippen LogP contribution is 2.15. The van der Waals surface area contributed by atoms with E-state index in [1.165, 1.54) is 0 Å². The van der Waals surface area contributed by atoms with Gasteiger partial charge in [-0.2, -0.15) is 12.6 Å². The van der Waals surface area contributed by atoms with E-state index in [2.05, 4.69) is 33.9 Å². The number of amides is 6. The van der Waals surface area contributed by atoms with Gasteiger partial charge < -0.3 is 62.5 Å². The van der Waals surface area contributed by atoms with Crippen LogP contribution in [-0.2, 0) is 56.1 Å². The van der Waals surface area contributed by atoms with Crippen LogP contribution in [0.4, 0.5) is 9.59 Å². The fourth-order valence-electron chi connectivity index (χ4n) is 5.01. The van der Waals surface area contributed by atoms with Gasteiger partial charge in [-0.05, 0) is 36.8 Å². The third kappa shape index (κ3) is 20.5. The summed E-state index contributed by atoms with van der Waals surface area (Å²) in [6.07, 6.45) is -3.12. The van der Waals surface area contributed by atoms with Crippen LogP contribution in [0.3, 0.4) is 0 Å². The smallest absolute Gasteiger partial charge is 0.327 e. The normalized spacial score (nSPS) is 13.2. The molecular weight excluding hydrogens is 796 g/mol. The Balaban J connectivity index is 2.62. The van der Waals surface area contributed by atoms with Crippen molar-refractivity contribution in [2.24, 2.45) is 5.92 Å². The van der Waals surface area contributed by atoms with Gasteiger partial charge in [0, 0.05) is 38.1 Å². The van der Waals surface area contributed by atoms with E-state index in [1.807, 2.05) is 10.6 Å². The van der Waals surface area contributed by atoms with Crippen molar-refractivity contribution < 1.29 is 83.4 Å². The quantitative estimate of drug-likeness (QED) is 0.0347. The molecule has 0 spiro atoms. The number of nitrogens with one attached hydrogen (secondary N) is 6. The number of hydrogen-bond donors (Lipinski definition) is 13. The highest BCUT2D eigenvalue weighted by Gasteiger charge is 2.32. The third-order valence-corrected chi connectivity index (χ3v) is 8.38. The Morgan fingerprint density at radius 3 is 1.59 bits per heavy atom. The standard InChI is InChI=1S/C34H46N6O17S/c41-20(12-19(13-26(44)45)28(48)37-23(14-27(46)47)29(49)38-24(16-58)32(54)55)11-17-4-6-18(7-5-17)15-36-33(56)35-10-2-1-3-21(30(50)51)39-34(57)40-22(31(52)53)8-9-25(42)43/h4-7,19,21-24,58H,1-3,8-16H2,(H,37,48)(H,38,49)(H,42,43)(H,44,45)(H,46,47)(H,50,51)(H,52,53)(H,54,55)(H2,35,36,56)(H2,39,40,57)/t19-,21-,22-,23-,24-/m0/s1. The number of carbonyl (C=O) groups is 11. The average Bonchev–Trinajstić information content (AvgIpc) is 3.13. The van der Waals surface area contributed by atoms with E-state index >= 15 is 0 Å².